The molecule has 30 heavy (non-hydrogen) atoms. The summed E-state index contributed by atoms with van der Waals surface area (Å²) in [5.41, 5.74) is 1.62. The van der Waals surface area contributed by atoms with Crippen LogP contribution in [0.3, 0.4) is 0 Å². The average Bonchev–Trinajstić information content (AvgIpc) is 3.03. The van der Waals surface area contributed by atoms with Gasteiger partial charge in [-0.25, -0.2) is 0 Å². The van der Waals surface area contributed by atoms with E-state index in [0.717, 1.165) is 28.4 Å². The van der Waals surface area contributed by atoms with Gasteiger partial charge in [-0.2, -0.15) is 0 Å². The summed E-state index contributed by atoms with van der Waals surface area (Å²) in [5.74, 6) is 2.05. The maximum atomic E-state index is 13.2. The first-order valence-corrected chi connectivity index (χ1v) is 10.7. The van der Waals surface area contributed by atoms with Gasteiger partial charge >= 0.3 is 0 Å². The zero-order chi connectivity index (χ0) is 20.8. The molecule has 1 amide bonds. The lowest BCUT2D eigenvalue weighted by Gasteiger charge is -2.18. The van der Waals surface area contributed by atoms with Crippen LogP contribution in [0.2, 0.25) is 0 Å². The highest BCUT2D eigenvalue weighted by molar-refractivity contribution is 8.00. The molecule has 5 nitrogen and oxygen atoms in total. The first-order chi connectivity index (χ1) is 14.7. The van der Waals surface area contributed by atoms with E-state index in [1.54, 1.807) is 13.2 Å². The van der Waals surface area contributed by atoms with Crippen LogP contribution in [0.25, 0.3) is 0 Å². The highest BCUT2D eigenvalue weighted by Crippen LogP contribution is 2.40. The summed E-state index contributed by atoms with van der Waals surface area (Å²) in [6, 6.07) is 22.9. The second-order valence-corrected chi connectivity index (χ2v) is 7.97. The minimum atomic E-state index is -0.429. The Morgan fingerprint density at radius 2 is 1.77 bits per heavy atom. The largest absolute Gasteiger partial charge is 0.497 e. The third-order valence-electron chi connectivity index (χ3n) is 4.65. The molecule has 0 saturated carbocycles. The molecule has 3 aromatic carbocycles. The third-order valence-corrected chi connectivity index (χ3v) is 5.90. The van der Waals surface area contributed by atoms with Crippen molar-refractivity contribution in [2.75, 3.05) is 25.6 Å². The zero-order valence-electron chi connectivity index (χ0n) is 16.7. The molecular weight excluding hydrogens is 398 g/mol. The van der Waals surface area contributed by atoms with E-state index in [1.807, 2.05) is 66.7 Å². The number of benzene rings is 3. The van der Waals surface area contributed by atoms with Crippen LogP contribution in [0, 0.1) is 0 Å². The quantitative estimate of drug-likeness (QED) is 0.545. The van der Waals surface area contributed by atoms with E-state index in [9.17, 15) is 4.79 Å². The Kier molecular flexibility index (Phi) is 6.44. The van der Waals surface area contributed by atoms with Crippen molar-refractivity contribution in [1.82, 2.24) is 0 Å². The number of ether oxygens (including phenoxy) is 3. The number of carbonyl (C=O) groups excluding carboxylic acids is 1. The highest BCUT2D eigenvalue weighted by atomic mass is 32.2. The monoisotopic (exact) mass is 421 g/mol. The zero-order valence-corrected chi connectivity index (χ0v) is 17.5. The Bertz CT molecular complexity index is 1010. The number of thioether (sulfide) groups is 1. The van der Waals surface area contributed by atoms with Gasteiger partial charge in [-0.1, -0.05) is 36.4 Å². The van der Waals surface area contributed by atoms with Crippen LogP contribution in [-0.4, -0.2) is 26.2 Å². The fourth-order valence-corrected chi connectivity index (χ4v) is 4.22. The van der Waals surface area contributed by atoms with Gasteiger partial charge in [0.1, 0.15) is 11.0 Å². The lowest BCUT2D eigenvalue weighted by Crippen LogP contribution is -2.19. The average molecular weight is 422 g/mol. The van der Waals surface area contributed by atoms with E-state index < -0.39 is 5.25 Å². The van der Waals surface area contributed by atoms with Crippen LogP contribution in [0.15, 0.2) is 77.7 Å². The topological polar surface area (TPSA) is 56.8 Å². The van der Waals surface area contributed by atoms with Crippen LogP contribution < -0.4 is 19.5 Å². The first-order valence-electron chi connectivity index (χ1n) is 9.79. The smallest absolute Gasteiger partial charge is 0.242 e. The predicted octanol–water partition coefficient (Wildman–Crippen LogP) is 5.33. The fourth-order valence-electron chi connectivity index (χ4n) is 3.16. The van der Waals surface area contributed by atoms with Crippen molar-refractivity contribution < 1.29 is 19.0 Å². The fraction of sp³-hybridized carbons (Fsp3) is 0.208. The minimum Gasteiger partial charge on any atom is -0.497 e. The number of anilines is 1. The van der Waals surface area contributed by atoms with Gasteiger partial charge < -0.3 is 19.5 Å². The highest BCUT2D eigenvalue weighted by Gasteiger charge is 2.23. The van der Waals surface area contributed by atoms with Crippen molar-refractivity contribution in [3.8, 4) is 17.2 Å². The Morgan fingerprint density at radius 3 is 2.57 bits per heavy atom. The number of methoxy groups -OCH3 is 1. The molecule has 1 aliphatic heterocycles. The molecule has 0 fully saturated rings. The lowest BCUT2D eigenvalue weighted by atomic mass is 10.1. The number of carbonyl (C=O) groups is 1. The number of fused-ring (bicyclic) bond motifs is 1. The summed E-state index contributed by atoms with van der Waals surface area (Å²) in [5, 5.41) is 2.58. The molecule has 1 aliphatic rings. The van der Waals surface area contributed by atoms with Crippen molar-refractivity contribution in [3.63, 3.8) is 0 Å². The second-order valence-electron chi connectivity index (χ2n) is 6.79. The van der Waals surface area contributed by atoms with Crippen molar-refractivity contribution in [2.45, 2.75) is 16.6 Å². The number of rotatable bonds is 6. The first kappa shape index (κ1) is 20.2. The van der Waals surface area contributed by atoms with E-state index in [4.69, 9.17) is 14.2 Å². The standard InChI is InChI=1S/C24H23NO4S/c1-27-19-10-5-9-18(15-19)25-24(26)23(17-7-3-2-4-8-17)30-20-11-12-21-22(16-20)29-14-6-13-28-21/h2-5,7-12,15-16,23H,6,13-14H2,1H3,(H,25,26)/t23-/m0/s1. The molecule has 3 aromatic rings. The normalized spacial score (nSPS) is 13.8. The van der Waals surface area contributed by atoms with Gasteiger partial charge in [0, 0.05) is 23.1 Å². The van der Waals surface area contributed by atoms with Gasteiger partial charge in [-0.15, -0.1) is 11.8 Å². The maximum Gasteiger partial charge on any atom is 0.242 e. The van der Waals surface area contributed by atoms with E-state index >= 15 is 0 Å². The molecule has 1 atom stereocenters. The molecule has 0 saturated heterocycles. The van der Waals surface area contributed by atoms with Crippen molar-refractivity contribution in [3.05, 3.63) is 78.4 Å². The van der Waals surface area contributed by atoms with E-state index in [-0.39, 0.29) is 5.91 Å². The molecule has 0 unspecified atom stereocenters. The van der Waals surface area contributed by atoms with Gasteiger partial charge in [0.25, 0.3) is 0 Å². The Hall–Kier alpha value is -3.12. The van der Waals surface area contributed by atoms with Crippen LogP contribution >= 0.6 is 11.8 Å². The molecule has 4 rings (SSSR count). The lowest BCUT2D eigenvalue weighted by molar-refractivity contribution is -0.115. The van der Waals surface area contributed by atoms with Crippen molar-refractivity contribution in [2.24, 2.45) is 0 Å². The molecule has 0 spiro atoms. The number of amides is 1. The SMILES string of the molecule is COc1cccc(NC(=O)[C@@H](Sc2ccc3c(c2)OCCCO3)c2ccccc2)c1. The van der Waals surface area contributed by atoms with E-state index in [2.05, 4.69) is 5.32 Å². The third kappa shape index (κ3) is 4.89. The molecule has 154 valence electrons. The molecule has 0 aliphatic carbocycles. The van der Waals surface area contributed by atoms with Crippen molar-refractivity contribution in [1.29, 1.82) is 0 Å². The van der Waals surface area contributed by atoms with Crippen LogP contribution in [-0.2, 0) is 4.79 Å². The summed E-state index contributed by atoms with van der Waals surface area (Å²) >= 11 is 1.48. The van der Waals surface area contributed by atoms with Crippen molar-refractivity contribution >= 4 is 23.4 Å². The Morgan fingerprint density at radius 1 is 0.967 bits per heavy atom. The van der Waals surface area contributed by atoms with Gasteiger partial charge in [-0.3, -0.25) is 4.79 Å². The van der Waals surface area contributed by atoms with Gasteiger partial charge in [0.2, 0.25) is 5.91 Å². The Balaban J connectivity index is 1.59. The molecule has 1 heterocycles. The molecule has 0 aromatic heterocycles. The molecule has 0 bridgehead atoms. The summed E-state index contributed by atoms with van der Waals surface area (Å²) in [4.78, 5) is 14.2. The number of hydrogen-bond acceptors (Lipinski definition) is 5. The number of hydrogen-bond donors (Lipinski definition) is 1. The summed E-state index contributed by atoms with van der Waals surface area (Å²) in [6.07, 6.45) is 0.854. The molecule has 1 N–H and O–H groups in total. The van der Waals surface area contributed by atoms with Crippen LogP contribution in [0.5, 0.6) is 17.2 Å². The minimum absolute atomic E-state index is 0.105. The van der Waals surface area contributed by atoms with Gasteiger partial charge in [-0.05, 0) is 35.9 Å². The van der Waals surface area contributed by atoms with Crippen LogP contribution in [0.4, 0.5) is 5.69 Å². The van der Waals surface area contributed by atoms with E-state index in [0.29, 0.717) is 24.7 Å². The predicted molar refractivity (Wildman–Crippen MR) is 119 cm³/mol. The molecule has 0 radical (unpaired) electrons. The number of nitrogens with one attached hydrogen (secondary N) is 1. The summed E-state index contributed by atoms with van der Waals surface area (Å²) in [6.45, 7) is 1.27. The molecular formula is C24H23NO4S. The van der Waals surface area contributed by atoms with E-state index in [1.165, 1.54) is 11.8 Å². The van der Waals surface area contributed by atoms with Crippen LogP contribution in [0.1, 0.15) is 17.2 Å². The summed E-state index contributed by atoms with van der Waals surface area (Å²) < 4.78 is 16.8. The second kappa shape index (κ2) is 9.59. The Labute approximate surface area is 180 Å². The summed E-state index contributed by atoms with van der Waals surface area (Å²) in [7, 11) is 1.60. The van der Waals surface area contributed by atoms with Gasteiger partial charge in [0.05, 0.1) is 20.3 Å². The maximum absolute atomic E-state index is 13.2. The van der Waals surface area contributed by atoms with Gasteiger partial charge in [0.15, 0.2) is 11.5 Å². The molecule has 6 heteroatoms.